The summed E-state index contributed by atoms with van der Waals surface area (Å²) in [5.41, 5.74) is 1.41. The Bertz CT molecular complexity index is 957. The zero-order valence-corrected chi connectivity index (χ0v) is 13.9. The molecule has 0 bridgehead atoms. The molecule has 0 radical (unpaired) electrons. The summed E-state index contributed by atoms with van der Waals surface area (Å²) in [7, 11) is 0. The van der Waals surface area contributed by atoms with E-state index in [1.54, 1.807) is 36.4 Å². The van der Waals surface area contributed by atoms with Crippen molar-refractivity contribution in [2.45, 2.75) is 6.54 Å². The maximum atomic E-state index is 13.7. The first kappa shape index (κ1) is 18.4. The van der Waals surface area contributed by atoms with E-state index in [4.69, 9.17) is 0 Å². The first-order valence-electron chi connectivity index (χ1n) is 7.97. The van der Waals surface area contributed by atoms with Gasteiger partial charge in [-0.1, -0.05) is 12.1 Å². The molecular weight excluding hydrogens is 360 g/mol. The van der Waals surface area contributed by atoms with Crippen molar-refractivity contribution in [1.29, 1.82) is 0 Å². The Kier molecular flexibility index (Phi) is 5.40. The van der Waals surface area contributed by atoms with E-state index in [1.807, 2.05) is 0 Å². The zero-order chi connectivity index (χ0) is 19.4. The summed E-state index contributed by atoms with van der Waals surface area (Å²) in [6.07, 6.45) is 0. The number of rotatable bonds is 5. The molecule has 0 aliphatic carbocycles. The summed E-state index contributed by atoms with van der Waals surface area (Å²) in [6, 6.07) is 14.1. The zero-order valence-electron chi connectivity index (χ0n) is 13.9. The number of anilines is 2. The summed E-state index contributed by atoms with van der Waals surface area (Å²) in [4.78, 5) is 12.0. The molecular formula is C20H14F4N2O. The third-order valence-corrected chi connectivity index (χ3v) is 3.83. The van der Waals surface area contributed by atoms with Gasteiger partial charge in [-0.15, -0.1) is 0 Å². The lowest BCUT2D eigenvalue weighted by molar-refractivity contribution is 0.102. The number of hydrogen-bond acceptors (Lipinski definition) is 2. The van der Waals surface area contributed by atoms with Crippen molar-refractivity contribution < 1.29 is 22.4 Å². The molecule has 3 nitrogen and oxygen atoms in total. The highest BCUT2D eigenvalue weighted by Gasteiger charge is 2.18. The van der Waals surface area contributed by atoms with Crippen molar-refractivity contribution in [3.05, 3.63) is 95.1 Å². The van der Waals surface area contributed by atoms with Crippen molar-refractivity contribution >= 4 is 17.3 Å². The molecule has 3 rings (SSSR count). The van der Waals surface area contributed by atoms with E-state index in [1.165, 1.54) is 12.1 Å². The van der Waals surface area contributed by atoms with Crippen molar-refractivity contribution in [3.63, 3.8) is 0 Å². The lowest BCUT2D eigenvalue weighted by atomic mass is 10.1. The van der Waals surface area contributed by atoms with Crippen LogP contribution in [0.4, 0.5) is 28.9 Å². The summed E-state index contributed by atoms with van der Waals surface area (Å²) in [5, 5.41) is 5.54. The van der Waals surface area contributed by atoms with Gasteiger partial charge in [0.1, 0.15) is 5.82 Å². The van der Waals surface area contributed by atoms with E-state index < -0.39 is 28.9 Å². The average molecular weight is 374 g/mol. The van der Waals surface area contributed by atoms with Crippen LogP contribution in [0, 0.1) is 23.3 Å². The van der Waals surface area contributed by atoms with Gasteiger partial charge in [-0.25, -0.2) is 17.6 Å². The monoisotopic (exact) mass is 374 g/mol. The van der Waals surface area contributed by atoms with Crippen LogP contribution in [0.2, 0.25) is 0 Å². The van der Waals surface area contributed by atoms with Crippen molar-refractivity contribution in [1.82, 2.24) is 0 Å². The number of amides is 1. The minimum Gasteiger partial charge on any atom is -0.381 e. The van der Waals surface area contributed by atoms with Gasteiger partial charge in [-0.2, -0.15) is 0 Å². The maximum Gasteiger partial charge on any atom is 0.258 e. The maximum absolute atomic E-state index is 13.7. The number of benzene rings is 3. The van der Waals surface area contributed by atoms with Crippen LogP contribution in [0.1, 0.15) is 15.9 Å². The van der Waals surface area contributed by atoms with Crippen LogP contribution in [0.15, 0.2) is 60.7 Å². The second kappa shape index (κ2) is 7.90. The molecule has 1 amide bonds. The Hall–Kier alpha value is -3.35. The molecule has 0 saturated carbocycles. The predicted octanol–water partition coefficient (Wildman–Crippen LogP) is 5.11. The molecule has 0 aliphatic heterocycles. The third-order valence-electron chi connectivity index (χ3n) is 3.83. The van der Waals surface area contributed by atoms with Crippen LogP contribution in [0.3, 0.4) is 0 Å². The molecule has 2 N–H and O–H groups in total. The van der Waals surface area contributed by atoms with Gasteiger partial charge in [0.25, 0.3) is 5.91 Å². The third kappa shape index (κ3) is 4.44. The minimum absolute atomic E-state index is 0.309. The molecule has 0 saturated heterocycles. The summed E-state index contributed by atoms with van der Waals surface area (Å²) in [5.74, 6) is -5.79. The van der Waals surface area contributed by atoms with Gasteiger partial charge < -0.3 is 10.6 Å². The highest BCUT2D eigenvalue weighted by Crippen LogP contribution is 2.19. The highest BCUT2D eigenvalue weighted by atomic mass is 19.2. The van der Waals surface area contributed by atoms with Gasteiger partial charge in [-0.3, -0.25) is 4.79 Å². The number of nitrogens with one attached hydrogen (secondary N) is 2. The van der Waals surface area contributed by atoms with Gasteiger partial charge >= 0.3 is 0 Å². The van der Waals surface area contributed by atoms with Gasteiger partial charge in [0.2, 0.25) is 0 Å². The highest BCUT2D eigenvalue weighted by molar-refractivity contribution is 6.04. The van der Waals surface area contributed by atoms with Crippen LogP contribution in [-0.4, -0.2) is 5.91 Å². The first-order chi connectivity index (χ1) is 12.9. The minimum atomic E-state index is -1.69. The van der Waals surface area contributed by atoms with Crippen LogP contribution in [0.25, 0.3) is 0 Å². The molecule has 3 aromatic carbocycles. The first-order valence-corrected chi connectivity index (χ1v) is 7.97. The molecule has 0 spiro atoms. The van der Waals surface area contributed by atoms with E-state index in [9.17, 15) is 22.4 Å². The SMILES string of the molecule is O=C(Nc1ccc(NCc2ccc(F)cc2)cc1)c1ccc(F)c(F)c1F. The smallest absolute Gasteiger partial charge is 0.258 e. The number of carbonyl (C=O) groups is 1. The normalized spacial score (nSPS) is 10.5. The summed E-state index contributed by atoms with van der Waals surface area (Å²) in [6.45, 7) is 0.478. The van der Waals surface area contributed by atoms with Crippen LogP contribution >= 0.6 is 0 Å². The average Bonchev–Trinajstić information content (AvgIpc) is 2.67. The molecule has 7 heteroatoms. The second-order valence-electron chi connectivity index (χ2n) is 5.73. The Morgan fingerprint density at radius 1 is 0.741 bits per heavy atom. The van der Waals surface area contributed by atoms with E-state index >= 15 is 0 Å². The standard InChI is InChI=1S/C20H14F4N2O/c21-13-3-1-12(2-4-13)11-25-14-5-7-15(8-6-14)26-20(27)16-9-10-17(22)19(24)18(16)23/h1-10,25H,11H2,(H,26,27). The topological polar surface area (TPSA) is 41.1 Å². The molecule has 0 heterocycles. The lowest BCUT2D eigenvalue weighted by Gasteiger charge is -2.09. The quantitative estimate of drug-likeness (QED) is 0.481. The molecule has 0 aliphatic rings. The van der Waals surface area contributed by atoms with Crippen LogP contribution in [-0.2, 0) is 6.54 Å². The number of hydrogen-bond donors (Lipinski definition) is 2. The molecule has 3 aromatic rings. The van der Waals surface area contributed by atoms with Crippen LogP contribution in [0.5, 0.6) is 0 Å². The van der Waals surface area contributed by atoms with Gasteiger partial charge in [0.05, 0.1) is 5.56 Å². The van der Waals surface area contributed by atoms with Gasteiger partial charge in [0.15, 0.2) is 17.5 Å². The fourth-order valence-electron chi connectivity index (χ4n) is 2.38. The molecule has 0 fully saturated rings. The second-order valence-corrected chi connectivity index (χ2v) is 5.73. The Morgan fingerprint density at radius 2 is 1.37 bits per heavy atom. The Labute approximate surface area is 152 Å². The molecule has 27 heavy (non-hydrogen) atoms. The van der Waals surface area contributed by atoms with Crippen LogP contribution < -0.4 is 10.6 Å². The van der Waals surface area contributed by atoms with Crippen molar-refractivity contribution in [3.8, 4) is 0 Å². The molecule has 0 atom stereocenters. The van der Waals surface area contributed by atoms with E-state index in [2.05, 4.69) is 10.6 Å². The van der Waals surface area contributed by atoms with E-state index in [0.29, 0.717) is 18.3 Å². The van der Waals surface area contributed by atoms with Gasteiger partial charge in [-0.05, 0) is 54.1 Å². The molecule has 0 aromatic heterocycles. The molecule has 0 unspecified atom stereocenters. The molecule has 138 valence electrons. The Morgan fingerprint density at radius 3 is 2.04 bits per heavy atom. The van der Waals surface area contributed by atoms with Crippen molar-refractivity contribution in [2.24, 2.45) is 0 Å². The predicted molar refractivity (Wildman–Crippen MR) is 94.4 cm³/mol. The van der Waals surface area contributed by atoms with E-state index in [-0.39, 0.29) is 5.82 Å². The number of carbonyl (C=O) groups excluding carboxylic acids is 1. The van der Waals surface area contributed by atoms with Gasteiger partial charge in [0, 0.05) is 17.9 Å². The van der Waals surface area contributed by atoms with E-state index in [0.717, 1.165) is 17.3 Å². The largest absolute Gasteiger partial charge is 0.381 e. The fraction of sp³-hybridized carbons (Fsp3) is 0.0500. The fourth-order valence-corrected chi connectivity index (χ4v) is 2.38. The Balaban J connectivity index is 1.62. The summed E-state index contributed by atoms with van der Waals surface area (Å²) >= 11 is 0. The lowest BCUT2D eigenvalue weighted by Crippen LogP contribution is -2.15. The number of halogens is 4. The summed E-state index contributed by atoms with van der Waals surface area (Å²) < 4.78 is 52.7. The van der Waals surface area contributed by atoms with Crippen molar-refractivity contribution in [2.75, 3.05) is 10.6 Å².